The van der Waals surface area contributed by atoms with E-state index in [9.17, 15) is 8.78 Å². The van der Waals surface area contributed by atoms with Crippen molar-refractivity contribution < 1.29 is 8.78 Å². The third-order valence-electron chi connectivity index (χ3n) is 2.33. The van der Waals surface area contributed by atoms with E-state index in [1.807, 2.05) is 4.90 Å². The number of nitrogens with two attached hydrogens (primary N) is 2. The Hall–Kier alpha value is -1.04. The second-order valence-electron chi connectivity index (χ2n) is 3.55. The van der Waals surface area contributed by atoms with Crippen LogP contribution in [0, 0.1) is 11.6 Å². The van der Waals surface area contributed by atoms with Gasteiger partial charge in [0.15, 0.2) is 0 Å². The lowest BCUT2D eigenvalue weighted by Crippen LogP contribution is -2.34. The average Bonchev–Trinajstić information content (AvgIpc) is 2.24. The molecule has 0 saturated carbocycles. The molecule has 1 aromatic rings. The maximum absolute atomic E-state index is 13.4. The van der Waals surface area contributed by atoms with Gasteiger partial charge in [-0.1, -0.05) is 6.07 Å². The minimum Gasteiger partial charge on any atom is -0.329 e. The van der Waals surface area contributed by atoms with Crippen LogP contribution in [0.5, 0.6) is 0 Å². The van der Waals surface area contributed by atoms with E-state index in [0.29, 0.717) is 26.2 Å². The fourth-order valence-electron chi connectivity index (χ4n) is 1.54. The molecule has 16 heavy (non-hydrogen) atoms. The van der Waals surface area contributed by atoms with E-state index in [-0.39, 0.29) is 12.1 Å². The molecule has 90 valence electrons. The van der Waals surface area contributed by atoms with Gasteiger partial charge in [-0.2, -0.15) is 0 Å². The fraction of sp³-hybridized carbons (Fsp3) is 0.455. The summed E-state index contributed by atoms with van der Waals surface area (Å²) in [5.74, 6) is -1.06. The van der Waals surface area contributed by atoms with Crippen molar-refractivity contribution in [2.45, 2.75) is 6.54 Å². The Morgan fingerprint density at radius 1 is 1.00 bits per heavy atom. The first-order chi connectivity index (χ1) is 7.69. The number of hydrogen-bond donors (Lipinski definition) is 2. The van der Waals surface area contributed by atoms with Gasteiger partial charge in [0.25, 0.3) is 0 Å². The molecule has 0 heterocycles. The SMILES string of the molecule is NCCN(CCN)Cc1c(F)cccc1F. The molecular formula is C11H17F2N3. The predicted octanol–water partition coefficient (Wildman–Crippen LogP) is 0.684. The minimum atomic E-state index is -0.529. The van der Waals surface area contributed by atoms with Gasteiger partial charge in [-0.05, 0) is 12.1 Å². The summed E-state index contributed by atoms with van der Waals surface area (Å²) in [6, 6.07) is 3.85. The Balaban J connectivity index is 2.76. The highest BCUT2D eigenvalue weighted by molar-refractivity contribution is 5.19. The van der Waals surface area contributed by atoms with E-state index in [1.165, 1.54) is 18.2 Å². The Morgan fingerprint density at radius 2 is 1.50 bits per heavy atom. The minimum absolute atomic E-state index is 0.0735. The third kappa shape index (κ3) is 3.52. The molecule has 1 rings (SSSR count). The summed E-state index contributed by atoms with van der Waals surface area (Å²) in [7, 11) is 0. The Morgan fingerprint density at radius 3 is 1.94 bits per heavy atom. The van der Waals surface area contributed by atoms with E-state index in [1.54, 1.807) is 0 Å². The van der Waals surface area contributed by atoms with Gasteiger partial charge >= 0.3 is 0 Å². The largest absolute Gasteiger partial charge is 0.329 e. The summed E-state index contributed by atoms with van der Waals surface area (Å²) in [5, 5.41) is 0. The lowest BCUT2D eigenvalue weighted by Gasteiger charge is -2.21. The van der Waals surface area contributed by atoms with Gasteiger partial charge in [0.1, 0.15) is 11.6 Å². The summed E-state index contributed by atoms with van der Waals surface area (Å²) < 4.78 is 26.7. The molecule has 1 aromatic carbocycles. The van der Waals surface area contributed by atoms with Crippen LogP contribution < -0.4 is 11.5 Å². The van der Waals surface area contributed by atoms with Crippen LogP contribution in [0.1, 0.15) is 5.56 Å². The molecule has 0 aliphatic carbocycles. The normalized spacial score (nSPS) is 11.1. The Kier molecular flexibility index (Phi) is 5.31. The van der Waals surface area contributed by atoms with E-state index in [2.05, 4.69) is 0 Å². The van der Waals surface area contributed by atoms with Gasteiger partial charge in [0.2, 0.25) is 0 Å². The molecule has 5 heteroatoms. The third-order valence-corrected chi connectivity index (χ3v) is 2.33. The van der Waals surface area contributed by atoms with E-state index in [0.717, 1.165) is 0 Å². The van der Waals surface area contributed by atoms with Crippen molar-refractivity contribution in [3.8, 4) is 0 Å². The first kappa shape index (κ1) is 13.0. The molecule has 0 amide bonds. The van der Waals surface area contributed by atoms with Gasteiger partial charge < -0.3 is 11.5 Å². The molecule has 3 nitrogen and oxygen atoms in total. The molecule has 0 aliphatic heterocycles. The van der Waals surface area contributed by atoms with Crippen LogP contribution in [0.3, 0.4) is 0 Å². The summed E-state index contributed by atoms with van der Waals surface area (Å²) >= 11 is 0. The highest BCUT2D eigenvalue weighted by Crippen LogP contribution is 2.14. The van der Waals surface area contributed by atoms with Gasteiger partial charge in [0.05, 0.1) is 0 Å². The lowest BCUT2D eigenvalue weighted by atomic mass is 10.2. The molecule has 4 N–H and O–H groups in total. The quantitative estimate of drug-likeness (QED) is 0.754. The number of rotatable bonds is 6. The zero-order chi connectivity index (χ0) is 12.0. The van der Waals surface area contributed by atoms with Crippen molar-refractivity contribution in [1.82, 2.24) is 4.90 Å². The van der Waals surface area contributed by atoms with Gasteiger partial charge in [-0.15, -0.1) is 0 Å². The van der Waals surface area contributed by atoms with Crippen LogP contribution in [-0.2, 0) is 6.54 Å². The predicted molar refractivity (Wildman–Crippen MR) is 59.7 cm³/mol. The van der Waals surface area contributed by atoms with Crippen LogP contribution in [-0.4, -0.2) is 31.1 Å². The number of benzene rings is 1. The molecule has 0 spiro atoms. The first-order valence-corrected chi connectivity index (χ1v) is 5.24. The zero-order valence-corrected chi connectivity index (χ0v) is 9.13. The zero-order valence-electron chi connectivity index (χ0n) is 9.13. The van der Waals surface area contributed by atoms with Crippen LogP contribution in [0.2, 0.25) is 0 Å². The summed E-state index contributed by atoms with van der Waals surface area (Å²) in [6.07, 6.45) is 0. The van der Waals surface area contributed by atoms with Crippen molar-refractivity contribution in [3.63, 3.8) is 0 Å². The highest BCUT2D eigenvalue weighted by Gasteiger charge is 2.12. The second kappa shape index (κ2) is 6.52. The van der Waals surface area contributed by atoms with Crippen molar-refractivity contribution in [2.75, 3.05) is 26.2 Å². The van der Waals surface area contributed by atoms with Crippen LogP contribution >= 0.6 is 0 Å². The number of halogens is 2. The smallest absolute Gasteiger partial charge is 0.130 e. The molecule has 0 unspecified atom stereocenters. The van der Waals surface area contributed by atoms with Crippen molar-refractivity contribution in [1.29, 1.82) is 0 Å². The number of hydrogen-bond acceptors (Lipinski definition) is 3. The number of nitrogens with zero attached hydrogens (tertiary/aromatic N) is 1. The van der Waals surface area contributed by atoms with E-state index < -0.39 is 11.6 Å². The van der Waals surface area contributed by atoms with Crippen LogP contribution in [0.4, 0.5) is 8.78 Å². The van der Waals surface area contributed by atoms with E-state index >= 15 is 0 Å². The fourth-order valence-corrected chi connectivity index (χ4v) is 1.54. The molecule has 0 saturated heterocycles. The Bertz CT molecular complexity index is 305. The monoisotopic (exact) mass is 229 g/mol. The molecule has 0 radical (unpaired) electrons. The average molecular weight is 229 g/mol. The molecule has 0 fully saturated rings. The maximum Gasteiger partial charge on any atom is 0.130 e. The van der Waals surface area contributed by atoms with E-state index in [4.69, 9.17) is 11.5 Å². The van der Waals surface area contributed by atoms with Crippen molar-refractivity contribution in [2.24, 2.45) is 11.5 Å². The van der Waals surface area contributed by atoms with Crippen molar-refractivity contribution >= 4 is 0 Å². The highest BCUT2D eigenvalue weighted by atomic mass is 19.1. The summed E-state index contributed by atoms with van der Waals surface area (Å²) in [4.78, 5) is 1.83. The molecule has 0 bridgehead atoms. The second-order valence-corrected chi connectivity index (χ2v) is 3.55. The first-order valence-electron chi connectivity index (χ1n) is 5.24. The van der Waals surface area contributed by atoms with Crippen LogP contribution in [0.25, 0.3) is 0 Å². The molecular weight excluding hydrogens is 212 g/mol. The standard InChI is InChI=1S/C11H17F2N3/c12-10-2-1-3-11(13)9(10)8-16(6-4-14)7-5-15/h1-3H,4-8,14-15H2. The van der Waals surface area contributed by atoms with Crippen molar-refractivity contribution in [3.05, 3.63) is 35.4 Å². The molecule has 0 aliphatic rings. The Labute approximate surface area is 94.0 Å². The summed E-state index contributed by atoms with van der Waals surface area (Å²) in [5.41, 5.74) is 10.9. The summed E-state index contributed by atoms with van der Waals surface area (Å²) in [6.45, 7) is 2.23. The van der Waals surface area contributed by atoms with Gasteiger partial charge in [-0.3, -0.25) is 4.90 Å². The van der Waals surface area contributed by atoms with Gasteiger partial charge in [0, 0.05) is 38.3 Å². The maximum atomic E-state index is 13.4. The molecule has 0 aromatic heterocycles. The van der Waals surface area contributed by atoms with Gasteiger partial charge in [-0.25, -0.2) is 8.78 Å². The molecule has 0 atom stereocenters. The topological polar surface area (TPSA) is 55.3 Å². The van der Waals surface area contributed by atoms with Crippen LogP contribution in [0.15, 0.2) is 18.2 Å². The lowest BCUT2D eigenvalue weighted by molar-refractivity contribution is 0.272.